The smallest absolute Gasteiger partial charge is 0.227 e. The van der Waals surface area contributed by atoms with Gasteiger partial charge in [-0.3, -0.25) is 4.79 Å². The van der Waals surface area contributed by atoms with Crippen molar-refractivity contribution in [2.75, 3.05) is 0 Å². The van der Waals surface area contributed by atoms with E-state index in [-0.39, 0.29) is 11.8 Å². The molecule has 10 heavy (non-hydrogen) atoms. The second-order valence-electron chi connectivity index (χ2n) is 2.34. The van der Waals surface area contributed by atoms with Crippen LogP contribution in [0.4, 0.5) is 0 Å². The maximum absolute atomic E-state index is 10.7. The van der Waals surface area contributed by atoms with E-state index < -0.39 is 0 Å². The van der Waals surface area contributed by atoms with Gasteiger partial charge >= 0.3 is 0 Å². The molecule has 0 aromatic rings. The molecule has 0 aromatic carbocycles. The van der Waals surface area contributed by atoms with E-state index in [2.05, 4.69) is 48.6 Å². The molecule has 1 aliphatic heterocycles. The van der Waals surface area contributed by atoms with Crippen LogP contribution in [0.5, 0.6) is 0 Å². The summed E-state index contributed by atoms with van der Waals surface area (Å²) in [5.74, 6) is 0.414. The van der Waals surface area contributed by atoms with E-state index >= 15 is 0 Å². The topological polar surface area (TPSA) is 29.1 Å². The molecule has 2 unspecified atom stereocenters. The van der Waals surface area contributed by atoms with Crippen LogP contribution in [-0.2, 0) is 4.79 Å². The molecule has 4 heteroatoms. The summed E-state index contributed by atoms with van der Waals surface area (Å²) in [5, 5.41) is 2.83. The van der Waals surface area contributed by atoms with Crippen molar-refractivity contribution in [3.63, 3.8) is 0 Å². The number of rotatable bonds is 0. The number of carbonyl (C=O) groups is 1. The number of hydrogen-bond donors (Lipinski definition) is 1. The molecule has 2 bridgehead atoms. The van der Waals surface area contributed by atoms with E-state index in [0.29, 0.717) is 6.04 Å². The zero-order valence-corrected chi connectivity index (χ0v) is 9.50. The summed E-state index contributed by atoms with van der Waals surface area (Å²) in [5.41, 5.74) is 0. The minimum atomic E-state index is 0.206. The fourth-order valence-corrected chi connectivity index (χ4v) is 1.29. The molecule has 0 aromatic heterocycles. The van der Waals surface area contributed by atoms with Crippen molar-refractivity contribution in [2.24, 2.45) is 5.92 Å². The van der Waals surface area contributed by atoms with Gasteiger partial charge in [0, 0.05) is 43.3 Å². The van der Waals surface area contributed by atoms with Crippen molar-refractivity contribution >= 4 is 43.1 Å². The van der Waals surface area contributed by atoms with Gasteiger partial charge in [0.1, 0.15) is 0 Å². The third kappa shape index (κ3) is 1.63. The number of hydrogen-bond acceptors (Lipinski definition) is 1. The van der Waals surface area contributed by atoms with Crippen LogP contribution in [0.3, 0.4) is 0 Å². The van der Waals surface area contributed by atoms with Gasteiger partial charge in [0.2, 0.25) is 5.91 Å². The summed E-state index contributed by atoms with van der Waals surface area (Å²) in [4.78, 5) is 10.7. The van der Waals surface area contributed by atoms with Crippen LogP contribution in [0.1, 0.15) is 6.42 Å². The standard InChI is InChI=1S/C6H7NO.I2/c8-6-4-1-2-5(3-4)7-6;1-2/h1-2,4-5H,3H2,(H,7,8);. The summed E-state index contributed by atoms with van der Waals surface area (Å²) in [6.45, 7) is 0. The summed E-state index contributed by atoms with van der Waals surface area (Å²) in [7, 11) is 0. The largest absolute Gasteiger partial charge is 0.349 e. The summed E-state index contributed by atoms with van der Waals surface area (Å²) in [6.07, 6.45) is 5.05. The molecule has 0 spiro atoms. The fourth-order valence-electron chi connectivity index (χ4n) is 1.29. The molecule has 2 rings (SSSR count). The third-order valence-electron chi connectivity index (χ3n) is 1.75. The Hall–Kier alpha value is 0.670. The van der Waals surface area contributed by atoms with Crippen LogP contribution in [0, 0.1) is 5.92 Å². The molecule has 1 saturated heterocycles. The maximum Gasteiger partial charge on any atom is 0.227 e. The lowest BCUT2D eigenvalue weighted by Gasteiger charge is -2.01. The zero-order chi connectivity index (χ0) is 7.56. The van der Waals surface area contributed by atoms with Gasteiger partial charge in [-0.1, -0.05) is 12.2 Å². The molecule has 2 aliphatic rings. The molecule has 2 atom stereocenters. The van der Waals surface area contributed by atoms with Crippen LogP contribution in [-0.4, -0.2) is 11.9 Å². The highest BCUT2D eigenvalue weighted by atomic mass is 128. The molecule has 1 heterocycles. The molecule has 1 amide bonds. The van der Waals surface area contributed by atoms with Gasteiger partial charge < -0.3 is 5.32 Å². The van der Waals surface area contributed by atoms with Gasteiger partial charge in [-0.15, -0.1) is 0 Å². The Morgan fingerprint density at radius 1 is 1.50 bits per heavy atom. The second kappa shape index (κ2) is 3.89. The van der Waals surface area contributed by atoms with Gasteiger partial charge in [-0.25, -0.2) is 0 Å². The van der Waals surface area contributed by atoms with Crippen molar-refractivity contribution in [3.05, 3.63) is 12.2 Å². The lowest BCUT2D eigenvalue weighted by molar-refractivity contribution is -0.121. The van der Waals surface area contributed by atoms with E-state index in [9.17, 15) is 4.79 Å². The van der Waals surface area contributed by atoms with Crippen LogP contribution in [0.25, 0.3) is 0 Å². The van der Waals surface area contributed by atoms with Crippen LogP contribution in [0.2, 0.25) is 0 Å². The van der Waals surface area contributed by atoms with Crippen LogP contribution >= 0.6 is 37.2 Å². The monoisotopic (exact) mass is 363 g/mol. The molecular weight excluding hydrogens is 356 g/mol. The Bertz CT molecular complexity index is 169. The number of amides is 1. The normalized spacial score (nSPS) is 33.2. The lowest BCUT2D eigenvalue weighted by Crippen LogP contribution is -2.26. The molecule has 0 saturated carbocycles. The molecule has 1 aliphatic carbocycles. The zero-order valence-electron chi connectivity index (χ0n) is 5.18. The van der Waals surface area contributed by atoms with E-state index in [0.717, 1.165) is 6.42 Å². The fraction of sp³-hybridized carbons (Fsp3) is 0.500. The second-order valence-corrected chi connectivity index (χ2v) is 2.34. The van der Waals surface area contributed by atoms with E-state index in [1.54, 1.807) is 0 Å². The van der Waals surface area contributed by atoms with Gasteiger partial charge in [0.05, 0.1) is 5.92 Å². The van der Waals surface area contributed by atoms with Gasteiger partial charge in [0.25, 0.3) is 0 Å². The predicted molar refractivity (Wildman–Crippen MR) is 57.2 cm³/mol. The number of halogens is 2. The first-order chi connectivity index (χ1) is 4.86. The quantitative estimate of drug-likeness (QED) is 0.517. The molecule has 56 valence electrons. The molecular formula is C6H7I2NO. The number of fused-ring (bicyclic) bond motifs is 2. The summed E-state index contributed by atoms with van der Waals surface area (Å²) in [6, 6.07) is 0.368. The van der Waals surface area contributed by atoms with Crippen molar-refractivity contribution in [3.8, 4) is 0 Å². The Labute approximate surface area is 83.1 Å². The maximum atomic E-state index is 10.7. The van der Waals surface area contributed by atoms with Crippen molar-refractivity contribution in [2.45, 2.75) is 12.5 Å². The molecule has 2 nitrogen and oxygen atoms in total. The highest BCUT2D eigenvalue weighted by Gasteiger charge is 2.32. The molecule has 1 fully saturated rings. The Morgan fingerprint density at radius 3 is 2.40 bits per heavy atom. The summed E-state index contributed by atoms with van der Waals surface area (Å²) >= 11 is 4.24. The Balaban J connectivity index is 0.000000231. The SMILES string of the molecule is II.O=C1NC2C=CC1C2. The molecule has 0 radical (unpaired) electrons. The first kappa shape index (κ1) is 8.76. The van der Waals surface area contributed by atoms with Gasteiger partial charge in [-0.05, 0) is 6.42 Å². The van der Waals surface area contributed by atoms with Crippen molar-refractivity contribution in [1.29, 1.82) is 0 Å². The third-order valence-corrected chi connectivity index (χ3v) is 1.75. The first-order valence-corrected chi connectivity index (χ1v) is 9.28. The average molecular weight is 363 g/mol. The van der Waals surface area contributed by atoms with Crippen LogP contribution in [0.15, 0.2) is 12.2 Å². The van der Waals surface area contributed by atoms with E-state index in [1.807, 2.05) is 6.08 Å². The number of carbonyl (C=O) groups excluding carboxylic acids is 1. The minimum absolute atomic E-state index is 0.206. The minimum Gasteiger partial charge on any atom is -0.349 e. The van der Waals surface area contributed by atoms with Gasteiger partial charge in [-0.2, -0.15) is 0 Å². The van der Waals surface area contributed by atoms with E-state index in [4.69, 9.17) is 0 Å². The Morgan fingerprint density at radius 2 is 2.20 bits per heavy atom. The van der Waals surface area contributed by atoms with E-state index in [1.165, 1.54) is 0 Å². The van der Waals surface area contributed by atoms with Gasteiger partial charge in [0.15, 0.2) is 0 Å². The Kier molecular flexibility index (Phi) is 3.41. The van der Waals surface area contributed by atoms with Crippen molar-refractivity contribution in [1.82, 2.24) is 5.32 Å². The predicted octanol–water partition coefficient (Wildman–Crippen LogP) is 1.83. The van der Waals surface area contributed by atoms with Crippen LogP contribution < -0.4 is 5.32 Å². The lowest BCUT2D eigenvalue weighted by atomic mass is 10.1. The molecule has 1 N–H and O–H groups in total. The number of nitrogens with one attached hydrogen (secondary N) is 1. The highest BCUT2D eigenvalue weighted by molar-refractivity contribution is 15.0. The summed E-state index contributed by atoms with van der Waals surface area (Å²) < 4.78 is 0. The highest BCUT2D eigenvalue weighted by Crippen LogP contribution is 2.23. The first-order valence-electron chi connectivity index (χ1n) is 2.99. The average Bonchev–Trinajstić information content (AvgIpc) is 2.52. The van der Waals surface area contributed by atoms with Crippen molar-refractivity contribution < 1.29 is 4.79 Å².